The van der Waals surface area contributed by atoms with E-state index in [1.165, 1.54) is 12.1 Å². The Balaban J connectivity index is 2.09. The van der Waals surface area contributed by atoms with Gasteiger partial charge in [0.05, 0.1) is 6.61 Å². The van der Waals surface area contributed by atoms with E-state index in [0.717, 1.165) is 23.9 Å². The minimum absolute atomic E-state index is 0.211. The van der Waals surface area contributed by atoms with Crippen LogP contribution in [0.15, 0.2) is 42.5 Å². The first kappa shape index (κ1) is 15.3. The highest BCUT2D eigenvalue weighted by atomic mass is 19.1. The summed E-state index contributed by atoms with van der Waals surface area (Å²) in [6.45, 7) is 4.56. The highest BCUT2D eigenvalue weighted by Crippen LogP contribution is 2.24. The van der Waals surface area contributed by atoms with Crippen molar-refractivity contribution in [3.63, 3.8) is 0 Å². The third kappa shape index (κ3) is 4.45. The quantitative estimate of drug-likeness (QED) is 0.815. The SMILES string of the molecule is CCCOc1cccc(NC(C)c2cc(F)cc(F)c2)c1. The molecule has 0 aromatic heterocycles. The number of benzene rings is 2. The molecule has 112 valence electrons. The van der Waals surface area contributed by atoms with Gasteiger partial charge in [0.2, 0.25) is 0 Å². The molecule has 0 radical (unpaired) electrons. The molecule has 1 atom stereocenters. The Morgan fingerprint density at radius 2 is 1.81 bits per heavy atom. The predicted octanol–water partition coefficient (Wildman–Crippen LogP) is 4.93. The second kappa shape index (κ2) is 7.07. The maximum absolute atomic E-state index is 13.2. The van der Waals surface area contributed by atoms with Gasteiger partial charge in [-0.1, -0.05) is 13.0 Å². The van der Waals surface area contributed by atoms with Gasteiger partial charge in [-0.2, -0.15) is 0 Å². The Kier molecular flexibility index (Phi) is 5.14. The molecule has 0 amide bonds. The van der Waals surface area contributed by atoms with Gasteiger partial charge in [-0.05, 0) is 43.2 Å². The zero-order chi connectivity index (χ0) is 15.2. The van der Waals surface area contributed by atoms with Crippen LogP contribution in [0.3, 0.4) is 0 Å². The molecule has 0 spiro atoms. The average molecular weight is 291 g/mol. The summed E-state index contributed by atoms with van der Waals surface area (Å²) in [7, 11) is 0. The van der Waals surface area contributed by atoms with Gasteiger partial charge in [-0.3, -0.25) is 0 Å². The molecule has 1 unspecified atom stereocenters. The van der Waals surface area contributed by atoms with Crippen LogP contribution in [0.1, 0.15) is 31.9 Å². The van der Waals surface area contributed by atoms with Gasteiger partial charge in [0, 0.05) is 23.9 Å². The number of rotatable bonds is 6. The van der Waals surface area contributed by atoms with Crippen molar-refractivity contribution in [1.82, 2.24) is 0 Å². The second-order valence-electron chi connectivity index (χ2n) is 4.95. The van der Waals surface area contributed by atoms with E-state index in [4.69, 9.17) is 4.74 Å². The molecular formula is C17H19F2NO. The van der Waals surface area contributed by atoms with Gasteiger partial charge in [-0.25, -0.2) is 8.78 Å². The van der Waals surface area contributed by atoms with Crippen molar-refractivity contribution in [3.8, 4) is 5.75 Å². The summed E-state index contributed by atoms with van der Waals surface area (Å²) in [5, 5.41) is 3.22. The first-order valence-corrected chi connectivity index (χ1v) is 7.04. The molecule has 0 aliphatic carbocycles. The minimum atomic E-state index is -0.571. The Hall–Kier alpha value is -2.10. The van der Waals surface area contributed by atoms with Crippen molar-refractivity contribution in [2.45, 2.75) is 26.3 Å². The van der Waals surface area contributed by atoms with E-state index in [-0.39, 0.29) is 6.04 Å². The summed E-state index contributed by atoms with van der Waals surface area (Å²) in [5.74, 6) is -0.364. The normalized spacial score (nSPS) is 12.0. The second-order valence-corrected chi connectivity index (χ2v) is 4.95. The molecule has 21 heavy (non-hydrogen) atoms. The summed E-state index contributed by atoms with van der Waals surface area (Å²) >= 11 is 0. The van der Waals surface area contributed by atoms with Crippen LogP contribution in [0.2, 0.25) is 0 Å². The Morgan fingerprint density at radius 3 is 2.48 bits per heavy atom. The van der Waals surface area contributed by atoms with E-state index >= 15 is 0 Å². The molecule has 2 rings (SSSR count). The molecule has 1 N–H and O–H groups in total. The van der Waals surface area contributed by atoms with E-state index in [0.29, 0.717) is 12.2 Å². The van der Waals surface area contributed by atoms with Gasteiger partial charge in [-0.15, -0.1) is 0 Å². The fourth-order valence-corrected chi connectivity index (χ4v) is 2.05. The fraction of sp³-hybridized carbons (Fsp3) is 0.294. The van der Waals surface area contributed by atoms with Crippen molar-refractivity contribution >= 4 is 5.69 Å². The molecule has 0 aliphatic rings. The summed E-state index contributed by atoms with van der Waals surface area (Å²) in [6, 6.07) is 10.9. The number of halogens is 2. The smallest absolute Gasteiger partial charge is 0.126 e. The van der Waals surface area contributed by atoms with Crippen LogP contribution < -0.4 is 10.1 Å². The molecular weight excluding hydrogens is 272 g/mol. The maximum Gasteiger partial charge on any atom is 0.126 e. The number of nitrogens with one attached hydrogen (secondary N) is 1. The molecule has 4 heteroatoms. The van der Waals surface area contributed by atoms with Gasteiger partial charge in [0.25, 0.3) is 0 Å². The van der Waals surface area contributed by atoms with E-state index in [1.54, 1.807) is 0 Å². The fourth-order valence-electron chi connectivity index (χ4n) is 2.05. The van der Waals surface area contributed by atoms with Gasteiger partial charge in [0.1, 0.15) is 17.4 Å². The zero-order valence-electron chi connectivity index (χ0n) is 12.2. The number of ether oxygens (including phenoxy) is 1. The van der Waals surface area contributed by atoms with Crippen LogP contribution in [0, 0.1) is 11.6 Å². The summed E-state index contributed by atoms with van der Waals surface area (Å²) < 4.78 is 32.0. The molecule has 2 aromatic rings. The van der Waals surface area contributed by atoms with Crippen LogP contribution in [-0.2, 0) is 0 Å². The van der Waals surface area contributed by atoms with Crippen molar-refractivity contribution < 1.29 is 13.5 Å². The van der Waals surface area contributed by atoms with Gasteiger partial charge >= 0.3 is 0 Å². The molecule has 0 heterocycles. The Bertz CT molecular complexity index is 581. The Labute approximate surface area is 123 Å². The lowest BCUT2D eigenvalue weighted by Crippen LogP contribution is -2.07. The Morgan fingerprint density at radius 1 is 1.10 bits per heavy atom. The average Bonchev–Trinajstić information content (AvgIpc) is 2.44. The molecule has 0 saturated carbocycles. The lowest BCUT2D eigenvalue weighted by atomic mass is 10.1. The van der Waals surface area contributed by atoms with Gasteiger partial charge in [0.15, 0.2) is 0 Å². The molecule has 0 fully saturated rings. The standard InChI is InChI=1S/C17H19F2NO/c1-3-7-21-17-6-4-5-16(11-17)20-12(2)13-8-14(18)10-15(19)9-13/h4-6,8-12,20H,3,7H2,1-2H3. The van der Waals surface area contributed by atoms with Crippen molar-refractivity contribution in [1.29, 1.82) is 0 Å². The third-order valence-corrected chi connectivity index (χ3v) is 3.07. The number of anilines is 1. The van der Waals surface area contributed by atoms with Crippen LogP contribution >= 0.6 is 0 Å². The highest BCUT2D eigenvalue weighted by molar-refractivity contribution is 5.49. The van der Waals surface area contributed by atoms with E-state index < -0.39 is 11.6 Å². The van der Waals surface area contributed by atoms with Gasteiger partial charge < -0.3 is 10.1 Å². The van der Waals surface area contributed by atoms with E-state index in [9.17, 15) is 8.78 Å². The first-order chi connectivity index (χ1) is 10.1. The van der Waals surface area contributed by atoms with E-state index in [2.05, 4.69) is 5.32 Å². The summed E-state index contributed by atoms with van der Waals surface area (Å²) in [4.78, 5) is 0. The largest absolute Gasteiger partial charge is 0.494 e. The third-order valence-electron chi connectivity index (χ3n) is 3.07. The summed E-state index contributed by atoms with van der Waals surface area (Å²) in [6.07, 6.45) is 0.941. The molecule has 0 saturated heterocycles. The summed E-state index contributed by atoms with van der Waals surface area (Å²) in [5.41, 5.74) is 1.41. The van der Waals surface area contributed by atoms with E-state index in [1.807, 2.05) is 38.1 Å². The number of hydrogen-bond donors (Lipinski definition) is 1. The van der Waals surface area contributed by atoms with Crippen LogP contribution in [-0.4, -0.2) is 6.61 Å². The van der Waals surface area contributed by atoms with Crippen LogP contribution in [0.4, 0.5) is 14.5 Å². The topological polar surface area (TPSA) is 21.3 Å². The highest BCUT2D eigenvalue weighted by Gasteiger charge is 2.09. The maximum atomic E-state index is 13.2. The van der Waals surface area contributed by atoms with Crippen molar-refractivity contribution in [2.75, 3.05) is 11.9 Å². The monoisotopic (exact) mass is 291 g/mol. The lowest BCUT2D eigenvalue weighted by Gasteiger charge is -2.17. The van der Waals surface area contributed by atoms with Crippen molar-refractivity contribution in [2.24, 2.45) is 0 Å². The van der Waals surface area contributed by atoms with Crippen molar-refractivity contribution in [3.05, 3.63) is 59.7 Å². The number of hydrogen-bond acceptors (Lipinski definition) is 2. The minimum Gasteiger partial charge on any atom is -0.494 e. The van der Waals surface area contributed by atoms with Crippen LogP contribution in [0.25, 0.3) is 0 Å². The molecule has 0 bridgehead atoms. The first-order valence-electron chi connectivity index (χ1n) is 7.04. The molecule has 2 aromatic carbocycles. The predicted molar refractivity (Wildman–Crippen MR) is 80.6 cm³/mol. The zero-order valence-corrected chi connectivity index (χ0v) is 12.2. The van der Waals surface area contributed by atoms with Crippen LogP contribution in [0.5, 0.6) is 5.75 Å². The lowest BCUT2D eigenvalue weighted by molar-refractivity contribution is 0.317. The molecule has 2 nitrogen and oxygen atoms in total. The molecule has 0 aliphatic heterocycles.